The average Bonchev–Trinajstić information content (AvgIpc) is 2.67. The SMILES string of the molecule is O=C(NCC(=O)N1CCOC(Cc2ccccc2)C1)c1ccccc1. The molecule has 1 atom stereocenters. The summed E-state index contributed by atoms with van der Waals surface area (Å²) in [4.78, 5) is 26.2. The van der Waals surface area contributed by atoms with Crippen molar-refractivity contribution < 1.29 is 14.3 Å². The molecule has 2 aromatic carbocycles. The number of hydrogen-bond donors (Lipinski definition) is 1. The number of benzene rings is 2. The molecule has 25 heavy (non-hydrogen) atoms. The molecule has 0 spiro atoms. The van der Waals surface area contributed by atoms with Crippen LogP contribution in [0.1, 0.15) is 15.9 Å². The highest BCUT2D eigenvalue weighted by Gasteiger charge is 2.24. The monoisotopic (exact) mass is 338 g/mol. The normalized spacial score (nSPS) is 17.1. The van der Waals surface area contributed by atoms with Gasteiger partial charge in [0.25, 0.3) is 5.91 Å². The Morgan fingerprint density at radius 1 is 1.04 bits per heavy atom. The maximum atomic E-state index is 12.4. The number of ether oxygens (including phenoxy) is 1. The molecule has 0 aromatic heterocycles. The fourth-order valence-corrected chi connectivity index (χ4v) is 2.91. The topological polar surface area (TPSA) is 58.6 Å². The van der Waals surface area contributed by atoms with Gasteiger partial charge in [-0.2, -0.15) is 0 Å². The number of nitrogens with zero attached hydrogens (tertiary/aromatic N) is 1. The lowest BCUT2D eigenvalue weighted by Crippen LogP contribution is -2.49. The number of nitrogens with one attached hydrogen (secondary N) is 1. The number of rotatable bonds is 5. The average molecular weight is 338 g/mol. The Morgan fingerprint density at radius 2 is 1.72 bits per heavy atom. The standard InChI is InChI=1S/C20H22N2O3/c23-19(14-21-20(24)17-9-5-2-6-10-17)22-11-12-25-18(15-22)13-16-7-3-1-4-8-16/h1-10,18H,11-15H2,(H,21,24). The third kappa shape index (κ3) is 4.90. The van der Waals surface area contributed by atoms with Gasteiger partial charge in [0.15, 0.2) is 0 Å². The van der Waals surface area contributed by atoms with Gasteiger partial charge in [0.2, 0.25) is 5.91 Å². The molecule has 0 bridgehead atoms. The lowest BCUT2D eigenvalue weighted by Gasteiger charge is -2.33. The van der Waals surface area contributed by atoms with Crippen molar-refractivity contribution in [3.63, 3.8) is 0 Å². The molecule has 0 radical (unpaired) electrons. The van der Waals surface area contributed by atoms with E-state index in [-0.39, 0.29) is 24.5 Å². The molecule has 1 N–H and O–H groups in total. The third-order valence-electron chi connectivity index (χ3n) is 4.23. The second-order valence-corrected chi connectivity index (χ2v) is 6.07. The molecule has 1 aliphatic heterocycles. The number of carbonyl (C=O) groups excluding carboxylic acids is 2. The second-order valence-electron chi connectivity index (χ2n) is 6.07. The number of amides is 2. The molecule has 5 nitrogen and oxygen atoms in total. The molecular weight excluding hydrogens is 316 g/mol. The van der Waals surface area contributed by atoms with Crippen molar-refractivity contribution in [1.29, 1.82) is 0 Å². The van der Waals surface area contributed by atoms with Gasteiger partial charge in [-0.1, -0.05) is 48.5 Å². The highest BCUT2D eigenvalue weighted by atomic mass is 16.5. The van der Waals surface area contributed by atoms with Crippen LogP contribution in [0.5, 0.6) is 0 Å². The van der Waals surface area contributed by atoms with Gasteiger partial charge in [0.1, 0.15) is 0 Å². The highest BCUT2D eigenvalue weighted by molar-refractivity contribution is 5.96. The summed E-state index contributed by atoms with van der Waals surface area (Å²) in [5.74, 6) is -0.311. The van der Waals surface area contributed by atoms with Crippen molar-refractivity contribution in [2.24, 2.45) is 0 Å². The molecule has 1 aliphatic rings. The van der Waals surface area contributed by atoms with Crippen LogP contribution in [0.2, 0.25) is 0 Å². The van der Waals surface area contributed by atoms with Crippen LogP contribution in [0.3, 0.4) is 0 Å². The largest absolute Gasteiger partial charge is 0.374 e. The van der Waals surface area contributed by atoms with E-state index in [1.165, 1.54) is 5.56 Å². The second kappa shape index (κ2) is 8.44. The Bertz CT molecular complexity index is 703. The molecule has 0 aliphatic carbocycles. The van der Waals surface area contributed by atoms with E-state index in [1.54, 1.807) is 29.2 Å². The van der Waals surface area contributed by atoms with Crippen molar-refractivity contribution >= 4 is 11.8 Å². The summed E-state index contributed by atoms with van der Waals surface area (Å²) in [5, 5.41) is 2.69. The van der Waals surface area contributed by atoms with Gasteiger partial charge in [-0.3, -0.25) is 9.59 Å². The summed E-state index contributed by atoms with van der Waals surface area (Å²) in [6.45, 7) is 1.64. The Morgan fingerprint density at radius 3 is 2.44 bits per heavy atom. The molecule has 1 unspecified atom stereocenters. The minimum Gasteiger partial charge on any atom is -0.374 e. The molecule has 1 heterocycles. The van der Waals surface area contributed by atoms with E-state index in [4.69, 9.17) is 4.74 Å². The Balaban J connectivity index is 1.49. The van der Waals surface area contributed by atoms with Crippen molar-refractivity contribution in [2.45, 2.75) is 12.5 Å². The van der Waals surface area contributed by atoms with Crippen molar-refractivity contribution in [3.05, 3.63) is 71.8 Å². The van der Waals surface area contributed by atoms with Crippen LogP contribution in [0, 0.1) is 0 Å². The molecule has 1 saturated heterocycles. The molecule has 2 aromatic rings. The summed E-state index contributed by atoms with van der Waals surface area (Å²) < 4.78 is 5.78. The molecular formula is C20H22N2O3. The van der Waals surface area contributed by atoms with Gasteiger partial charge in [-0.25, -0.2) is 0 Å². The van der Waals surface area contributed by atoms with E-state index in [1.807, 2.05) is 24.3 Å². The minimum absolute atomic E-state index is 0.00574. The first-order valence-corrected chi connectivity index (χ1v) is 8.49. The zero-order valence-electron chi connectivity index (χ0n) is 14.1. The van der Waals surface area contributed by atoms with E-state index in [0.29, 0.717) is 25.3 Å². The molecule has 130 valence electrons. The van der Waals surface area contributed by atoms with E-state index < -0.39 is 0 Å². The van der Waals surface area contributed by atoms with Gasteiger partial charge >= 0.3 is 0 Å². The summed E-state index contributed by atoms with van der Waals surface area (Å²) in [6.07, 6.45) is 0.769. The zero-order chi connectivity index (χ0) is 17.5. The summed E-state index contributed by atoms with van der Waals surface area (Å²) in [6, 6.07) is 19.0. The summed E-state index contributed by atoms with van der Waals surface area (Å²) in [5.41, 5.74) is 1.75. The van der Waals surface area contributed by atoms with Crippen molar-refractivity contribution in [1.82, 2.24) is 10.2 Å². The Labute approximate surface area is 147 Å². The molecule has 2 amide bonds. The first-order chi connectivity index (χ1) is 12.2. The quantitative estimate of drug-likeness (QED) is 0.906. The first kappa shape index (κ1) is 17.2. The number of hydrogen-bond acceptors (Lipinski definition) is 3. The van der Waals surface area contributed by atoms with Gasteiger partial charge in [-0.05, 0) is 17.7 Å². The van der Waals surface area contributed by atoms with E-state index in [9.17, 15) is 9.59 Å². The Kier molecular flexibility index (Phi) is 5.80. The molecule has 5 heteroatoms. The Hall–Kier alpha value is -2.66. The van der Waals surface area contributed by atoms with Crippen LogP contribution in [0.4, 0.5) is 0 Å². The summed E-state index contributed by atoms with van der Waals surface area (Å²) in [7, 11) is 0. The highest BCUT2D eigenvalue weighted by Crippen LogP contribution is 2.12. The zero-order valence-corrected chi connectivity index (χ0v) is 14.1. The minimum atomic E-state index is -0.233. The summed E-state index contributed by atoms with van der Waals surface area (Å²) >= 11 is 0. The number of morpholine rings is 1. The molecule has 0 saturated carbocycles. The maximum Gasteiger partial charge on any atom is 0.251 e. The van der Waals surface area contributed by atoms with E-state index in [0.717, 1.165) is 6.42 Å². The maximum absolute atomic E-state index is 12.4. The van der Waals surface area contributed by atoms with Gasteiger partial charge < -0.3 is 15.0 Å². The van der Waals surface area contributed by atoms with Crippen LogP contribution in [-0.4, -0.2) is 49.1 Å². The van der Waals surface area contributed by atoms with Crippen LogP contribution < -0.4 is 5.32 Å². The van der Waals surface area contributed by atoms with Crippen LogP contribution in [-0.2, 0) is 16.0 Å². The van der Waals surface area contributed by atoms with E-state index >= 15 is 0 Å². The predicted molar refractivity (Wildman–Crippen MR) is 95.2 cm³/mol. The van der Waals surface area contributed by atoms with Gasteiger partial charge in [0, 0.05) is 25.1 Å². The van der Waals surface area contributed by atoms with Gasteiger partial charge in [0.05, 0.1) is 19.3 Å². The van der Waals surface area contributed by atoms with Gasteiger partial charge in [-0.15, -0.1) is 0 Å². The van der Waals surface area contributed by atoms with Crippen LogP contribution in [0.25, 0.3) is 0 Å². The molecule has 1 fully saturated rings. The molecule has 3 rings (SSSR count). The smallest absolute Gasteiger partial charge is 0.251 e. The van der Waals surface area contributed by atoms with Crippen molar-refractivity contribution in [3.8, 4) is 0 Å². The third-order valence-corrected chi connectivity index (χ3v) is 4.23. The predicted octanol–water partition coefficient (Wildman–Crippen LogP) is 1.89. The lowest BCUT2D eigenvalue weighted by atomic mass is 10.1. The van der Waals surface area contributed by atoms with Crippen molar-refractivity contribution in [2.75, 3.05) is 26.2 Å². The fourth-order valence-electron chi connectivity index (χ4n) is 2.91. The van der Waals surface area contributed by atoms with E-state index in [2.05, 4.69) is 17.4 Å². The lowest BCUT2D eigenvalue weighted by molar-refractivity contribution is -0.137. The van der Waals surface area contributed by atoms with Crippen LogP contribution >= 0.6 is 0 Å². The first-order valence-electron chi connectivity index (χ1n) is 8.49. The number of carbonyl (C=O) groups is 2. The van der Waals surface area contributed by atoms with Crippen LogP contribution in [0.15, 0.2) is 60.7 Å². The fraction of sp³-hybridized carbons (Fsp3) is 0.300.